The number of amides is 1. The van der Waals surface area contributed by atoms with Gasteiger partial charge in [0, 0.05) is 40.3 Å². The van der Waals surface area contributed by atoms with E-state index in [-0.39, 0.29) is 34.0 Å². The Morgan fingerprint density at radius 2 is 1.72 bits per heavy atom. The number of aromatic nitrogens is 1. The highest BCUT2D eigenvalue weighted by Crippen LogP contribution is 2.21. The van der Waals surface area contributed by atoms with Crippen LogP contribution in [0.3, 0.4) is 0 Å². The first kappa shape index (κ1) is 35.3. The number of nitrogens with one attached hydrogen (secondary N) is 4. The topological polar surface area (TPSA) is 199 Å². The fourth-order valence-corrected chi connectivity index (χ4v) is 7.14. The number of fused-ring (bicyclic) bond motifs is 1. The van der Waals surface area contributed by atoms with Crippen molar-refractivity contribution in [2.45, 2.75) is 42.0 Å². The smallest absolute Gasteiger partial charge is 0.294 e. The lowest BCUT2D eigenvalue weighted by molar-refractivity contribution is -0.122. The first-order chi connectivity index (χ1) is 21.7. The van der Waals surface area contributed by atoms with E-state index in [4.69, 9.17) is 15.7 Å². The molecular weight excluding hydrogens is 743 g/mol. The highest BCUT2D eigenvalue weighted by atomic mass is 127. The molecule has 3 aromatic carbocycles. The maximum atomic E-state index is 13.3. The second-order valence-electron chi connectivity index (χ2n) is 11.1. The molecule has 2 atom stereocenters. The molecule has 2 heterocycles. The van der Waals surface area contributed by atoms with Crippen molar-refractivity contribution in [2.24, 2.45) is 11.7 Å². The summed E-state index contributed by atoms with van der Waals surface area (Å²) in [6, 6.07) is 19.2. The number of benzene rings is 3. The number of sulfonamides is 1. The number of carbonyl (C=O) groups is 1. The van der Waals surface area contributed by atoms with Gasteiger partial charge in [0.05, 0.1) is 9.79 Å². The molecule has 0 saturated carbocycles. The van der Waals surface area contributed by atoms with Gasteiger partial charge in [-0.05, 0) is 103 Å². The van der Waals surface area contributed by atoms with Crippen molar-refractivity contribution >= 4 is 65.5 Å². The van der Waals surface area contributed by atoms with Crippen molar-refractivity contribution in [3.63, 3.8) is 0 Å². The molecule has 12 nitrogen and oxygen atoms in total. The summed E-state index contributed by atoms with van der Waals surface area (Å²) in [4.78, 5) is 18.3. The van der Waals surface area contributed by atoms with Crippen LogP contribution < -0.4 is 15.8 Å². The van der Waals surface area contributed by atoms with Crippen LogP contribution in [0.5, 0.6) is 0 Å². The zero-order valence-corrected chi connectivity index (χ0v) is 28.9. The van der Waals surface area contributed by atoms with Crippen molar-refractivity contribution in [3.05, 3.63) is 93.7 Å². The molecule has 0 aliphatic carbocycles. The Kier molecular flexibility index (Phi) is 11.8. The number of rotatable bonds is 9. The minimum atomic E-state index is -4.02. The van der Waals surface area contributed by atoms with E-state index in [0.717, 1.165) is 45.0 Å². The average Bonchev–Trinajstić information content (AvgIpc) is 3.42. The summed E-state index contributed by atoms with van der Waals surface area (Å²) in [7, 11) is -7.94. The molecule has 1 fully saturated rings. The molecule has 7 N–H and O–H groups in total. The number of nitrogens with two attached hydrogens (primary N) is 1. The van der Waals surface area contributed by atoms with Gasteiger partial charge < -0.3 is 20.9 Å². The summed E-state index contributed by atoms with van der Waals surface area (Å²) < 4.78 is 59.4. The van der Waals surface area contributed by atoms with E-state index >= 15 is 0 Å². The van der Waals surface area contributed by atoms with Crippen LogP contribution >= 0.6 is 22.6 Å². The Morgan fingerprint density at radius 3 is 2.37 bits per heavy atom. The SMILES string of the molecule is Cc1ccc(S(=O)(=O)O)cc1.N=C(N)N1CCC[C@H](CNC(=O)[C@@H](Cc2c[nH]c3ccccc23)NS(=O)(=O)c2ccc(I)cc2)C1. The highest BCUT2D eigenvalue weighted by molar-refractivity contribution is 14.1. The van der Waals surface area contributed by atoms with Crippen LogP contribution in [-0.4, -0.2) is 68.8 Å². The summed E-state index contributed by atoms with van der Waals surface area (Å²) in [5.41, 5.74) is 8.36. The lowest BCUT2D eigenvalue weighted by Gasteiger charge is -2.33. The Balaban J connectivity index is 0.000000369. The van der Waals surface area contributed by atoms with Gasteiger partial charge in [-0.25, -0.2) is 8.42 Å². The zero-order chi connectivity index (χ0) is 33.5. The van der Waals surface area contributed by atoms with Crippen molar-refractivity contribution in [2.75, 3.05) is 19.6 Å². The molecule has 4 aromatic rings. The van der Waals surface area contributed by atoms with Crippen LogP contribution in [0.2, 0.25) is 0 Å². The number of aryl methyl sites for hydroxylation is 1. The number of piperidine rings is 1. The first-order valence-corrected chi connectivity index (χ1v) is 18.5. The van der Waals surface area contributed by atoms with Gasteiger partial charge in [-0.2, -0.15) is 13.1 Å². The van der Waals surface area contributed by atoms with Gasteiger partial charge in [0.25, 0.3) is 10.1 Å². The summed E-state index contributed by atoms with van der Waals surface area (Å²) in [6.07, 6.45) is 3.81. The summed E-state index contributed by atoms with van der Waals surface area (Å²) in [5.74, 6) is -0.217. The fourth-order valence-electron chi connectivity index (χ4n) is 5.11. The van der Waals surface area contributed by atoms with Gasteiger partial charge in [0.2, 0.25) is 15.9 Å². The van der Waals surface area contributed by atoms with Crippen molar-refractivity contribution < 1.29 is 26.2 Å². The Labute approximate surface area is 282 Å². The molecule has 0 spiro atoms. The number of carbonyl (C=O) groups excluding carboxylic acids is 1. The molecule has 1 aliphatic heterocycles. The van der Waals surface area contributed by atoms with Gasteiger partial charge in [0.15, 0.2) is 5.96 Å². The molecule has 15 heteroatoms. The highest BCUT2D eigenvalue weighted by Gasteiger charge is 2.28. The van der Waals surface area contributed by atoms with E-state index in [1.807, 2.05) is 37.4 Å². The van der Waals surface area contributed by atoms with Crippen LogP contribution in [0.4, 0.5) is 0 Å². The number of para-hydroxylation sites is 1. The molecule has 5 rings (SSSR count). The number of halogens is 1. The van der Waals surface area contributed by atoms with Crippen molar-refractivity contribution in [1.29, 1.82) is 5.41 Å². The summed E-state index contributed by atoms with van der Waals surface area (Å²) in [6.45, 7) is 3.56. The van der Waals surface area contributed by atoms with E-state index in [1.165, 1.54) is 24.3 Å². The molecule has 0 radical (unpaired) electrons. The van der Waals surface area contributed by atoms with Crippen LogP contribution in [0, 0.1) is 21.8 Å². The molecule has 1 aliphatic rings. The Hall–Kier alpha value is -3.51. The molecule has 46 heavy (non-hydrogen) atoms. The number of H-pyrrole nitrogens is 1. The third kappa shape index (κ3) is 9.75. The number of hydrogen-bond acceptors (Lipinski definition) is 6. The molecule has 0 bridgehead atoms. The molecule has 1 saturated heterocycles. The second-order valence-corrected chi connectivity index (χ2v) is 15.4. The predicted molar refractivity (Wildman–Crippen MR) is 185 cm³/mol. The lowest BCUT2D eigenvalue weighted by atomic mass is 9.98. The van der Waals surface area contributed by atoms with Crippen molar-refractivity contribution in [3.8, 4) is 0 Å². The summed E-state index contributed by atoms with van der Waals surface area (Å²) >= 11 is 2.11. The third-order valence-electron chi connectivity index (χ3n) is 7.58. The number of aromatic amines is 1. The standard InChI is InChI=1S/C24H29IN6O3S.C7H8O3S/c25-18-7-9-19(10-8-18)35(33,34)30-22(12-17-14-28-21-6-2-1-5-20(17)21)23(32)29-13-16-4-3-11-31(15-16)24(26)27;1-6-2-4-7(5-3-6)11(8,9)10/h1-2,5-10,14,16,22,28,30H,3-4,11-13,15H2,(H3,26,27)(H,29,32);2-5H,1H3,(H,8,9,10)/t16-,22-;/m1./s1. The molecule has 1 amide bonds. The van der Waals surface area contributed by atoms with Crippen LogP contribution in [0.1, 0.15) is 24.0 Å². The number of hydrogen-bond donors (Lipinski definition) is 6. The van der Waals surface area contributed by atoms with Gasteiger partial charge in [-0.3, -0.25) is 14.8 Å². The van der Waals surface area contributed by atoms with Crippen molar-refractivity contribution in [1.82, 2.24) is 19.9 Å². The minimum Gasteiger partial charge on any atom is -0.370 e. The van der Waals surface area contributed by atoms with E-state index < -0.39 is 26.2 Å². The molecule has 246 valence electrons. The van der Waals surface area contributed by atoms with E-state index in [1.54, 1.807) is 29.2 Å². The third-order valence-corrected chi connectivity index (χ3v) is 10.7. The van der Waals surface area contributed by atoms with Crippen LogP contribution in [0.15, 0.2) is 88.8 Å². The van der Waals surface area contributed by atoms with Crippen LogP contribution in [-0.2, 0) is 31.4 Å². The minimum absolute atomic E-state index is 0.0310. The van der Waals surface area contributed by atoms with Gasteiger partial charge in [-0.1, -0.05) is 35.9 Å². The molecular formula is C31H37IN6O6S2. The predicted octanol–water partition coefficient (Wildman–Crippen LogP) is 3.63. The fraction of sp³-hybridized carbons (Fsp3) is 0.290. The number of nitrogens with zero attached hydrogens (tertiary/aromatic N) is 1. The largest absolute Gasteiger partial charge is 0.370 e. The summed E-state index contributed by atoms with van der Waals surface area (Å²) in [5, 5.41) is 11.6. The Bertz CT molecular complexity index is 1880. The average molecular weight is 781 g/mol. The van der Waals surface area contributed by atoms with E-state index in [9.17, 15) is 21.6 Å². The normalized spacial score (nSPS) is 15.9. The van der Waals surface area contributed by atoms with Crippen LogP contribution in [0.25, 0.3) is 10.9 Å². The maximum absolute atomic E-state index is 13.3. The van der Waals surface area contributed by atoms with Gasteiger partial charge in [-0.15, -0.1) is 0 Å². The number of likely N-dealkylation sites (tertiary alicyclic amines) is 1. The van der Waals surface area contributed by atoms with Gasteiger partial charge >= 0.3 is 0 Å². The first-order valence-electron chi connectivity index (χ1n) is 14.5. The van der Waals surface area contributed by atoms with Gasteiger partial charge in [0.1, 0.15) is 6.04 Å². The Morgan fingerprint density at radius 1 is 1.07 bits per heavy atom. The zero-order valence-electron chi connectivity index (χ0n) is 25.1. The second kappa shape index (κ2) is 15.4. The van der Waals surface area contributed by atoms with E-state index in [0.29, 0.717) is 13.1 Å². The molecule has 1 aromatic heterocycles. The van der Waals surface area contributed by atoms with E-state index in [2.05, 4.69) is 37.6 Å². The monoisotopic (exact) mass is 780 g/mol. The maximum Gasteiger partial charge on any atom is 0.294 e. The lowest BCUT2D eigenvalue weighted by Crippen LogP contribution is -2.51. The molecule has 0 unspecified atom stereocenters. The quantitative estimate of drug-likeness (QED) is 0.0641. The number of guanidine groups is 1.